The van der Waals surface area contributed by atoms with E-state index in [9.17, 15) is 14.9 Å². The fourth-order valence-corrected chi connectivity index (χ4v) is 3.04. The normalized spacial score (nSPS) is 14.3. The molecule has 1 fully saturated rings. The van der Waals surface area contributed by atoms with Crippen LogP contribution >= 0.6 is 11.6 Å². The molecule has 0 saturated carbocycles. The van der Waals surface area contributed by atoms with Gasteiger partial charge in [-0.25, -0.2) is 0 Å². The summed E-state index contributed by atoms with van der Waals surface area (Å²) in [7, 11) is 0. The third-order valence-corrected chi connectivity index (χ3v) is 4.38. The SMILES string of the molecule is O=C(C=Cc1cccc([N+](=O)[O-])c1)Nc1ccc(N2CCOCC2)c(Cl)c1. The zero-order valence-electron chi connectivity index (χ0n) is 14.4. The Morgan fingerprint density at radius 1 is 1.22 bits per heavy atom. The van der Waals surface area contributed by atoms with E-state index in [1.807, 2.05) is 6.07 Å². The number of amides is 1. The van der Waals surface area contributed by atoms with Crippen LogP contribution in [0.4, 0.5) is 17.1 Å². The molecule has 2 aromatic rings. The van der Waals surface area contributed by atoms with Crippen molar-refractivity contribution in [3.8, 4) is 0 Å². The van der Waals surface area contributed by atoms with Crippen molar-refractivity contribution in [1.29, 1.82) is 0 Å². The molecule has 8 heteroatoms. The number of ether oxygens (including phenoxy) is 1. The highest BCUT2D eigenvalue weighted by atomic mass is 35.5. The number of morpholine rings is 1. The molecule has 1 aliphatic rings. The minimum Gasteiger partial charge on any atom is -0.378 e. The molecular weight excluding hydrogens is 370 g/mol. The van der Waals surface area contributed by atoms with Crippen molar-refractivity contribution in [2.24, 2.45) is 0 Å². The monoisotopic (exact) mass is 387 g/mol. The first-order valence-electron chi connectivity index (χ1n) is 8.39. The minimum absolute atomic E-state index is 0.0250. The zero-order valence-corrected chi connectivity index (χ0v) is 15.2. The third-order valence-electron chi connectivity index (χ3n) is 4.08. The number of rotatable bonds is 5. The Hall–Kier alpha value is -2.90. The second-order valence-corrected chi connectivity index (χ2v) is 6.35. The number of nitrogens with one attached hydrogen (secondary N) is 1. The number of carbonyl (C=O) groups is 1. The van der Waals surface area contributed by atoms with Gasteiger partial charge in [-0.2, -0.15) is 0 Å². The summed E-state index contributed by atoms with van der Waals surface area (Å²) in [4.78, 5) is 24.5. The van der Waals surface area contributed by atoms with Gasteiger partial charge in [0.2, 0.25) is 5.91 Å². The standard InChI is InChI=1S/C19H18ClN3O4/c20-17-13-15(5-6-18(17)22-8-10-27-11-9-22)21-19(24)7-4-14-2-1-3-16(12-14)23(25)26/h1-7,12-13H,8-11H2,(H,21,24). The summed E-state index contributed by atoms with van der Waals surface area (Å²) in [5.41, 5.74) is 2.03. The van der Waals surface area contributed by atoms with Crippen LogP contribution < -0.4 is 10.2 Å². The molecule has 2 aromatic carbocycles. The van der Waals surface area contributed by atoms with Crippen molar-refractivity contribution in [2.75, 3.05) is 36.5 Å². The number of anilines is 2. The van der Waals surface area contributed by atoms with Gasteiger partial charge in [0.1, 0.15) is 0 Å². The van der Waals surface area contributed by atoms with Gasteiger partial charge in [0.25, 0.3) is 5.69 Å². The van der Waals surface area contributed by atoms with E-state index in [1.165, 1.54) is 24.3 Å². The molecule has 0 radical (unpaired) electrons. The number of nitrogens with zero attached hydrogens (tertiary/aromatic N) is 2. The van der Waals surface area contributed by atoms with Gasteiger partial charge in [0.15, 0.2) is 0 Å². The molecule has 1 amide bonds. The van der Waals surface area contributed by atoms with E-state index in [1.54, 1.807) is 24.3 Å². The molecule has 0 atom stereocenters. The van der Waals surface area contributed by atoms with Crippen LogP contribution in [0.25, 0.3) is 6.08 Å². The van der Waals surface area contributed by atoms with Crippen molar-refractivity contribution < 1.29 is 14.5 Å². The molecule has 1 N–H and O–H groups in total. The Morgan fingerprint density at radius 2 is 2.00 bits per heavy atom. The van der Waals surface area contributed by atoms with Crippen molar-refractivity contribution in [1.82, 2.24) is 0 Å². The maximum Gasteiger partial charge on any atom is 0.270 e. The summed E-state index contributed by atoms with van der Waals surface area (Å²) in [6.45, 7) is 2.88. The summed E-state index contributed by atoms with van der Waals surface area (Å²) >= 11 is 6.35. The van der Waals surface area contributed by atoms with Crippen LogP contribution in [-0.2, 0) is 9.53 Å². The van der Waals surface area contributed by atoms with Crippen molar-refractivity contribution in [3.05, 3.63) is 69.2 Å². The molecule has 140 valence electrons. The number of benzene rings is 2. The van der Waals surface area contributed by atoms with Gasteiger partial charge in [-0.3, -0.25) is 14.9 Å². The first kappa shape index (κ1) is 18.9. The smallest absolute Gasteiger partial charge is 0.270 e. The topological polar surface area (TPSA) is 84.7 Å². The molecular formula is C19H18ClN3O4. The van der Waals surface area contributed by atoms with Crippen molar-refractivity contribution in [2.45, 2.75) is 0 Å². The Labute approximate surface area is 161 Å². The number of non-ortho nitro benzene ring substituents is 1. The van der Waals surface area contributed by atoms with Gasteiger partial charge < -0.3 is 15.0 Å². The number of nitro groups is 1. The van der Waals surface area contributed by atoms with Crippen LogP contribution in [0.1, 0.15) is 5.56 Å². The van der Waals surface area contributed by atoms with Crippen LogP contribution in [0, 0.1) is 10.1 Å². The molecule has 0 unspecified atom stereocenters. The predicted molar refractivity (Wildman–Crippen MR) is 105 cm³/mol. The molecule has 0 aromatic heterocycles. The number of hydrogen-bond acceptors (Lipinski definition) is 5. The molecule has 0 aliphatic carbocycles. The van der Waals surface area contributed by atoms with E-state index >= 15 is 0 Å². The molecule has 1 saturated heterocycles. The van der Waals surface area contributed by atoms with E-state index in [2.05, 4.69) is 10.2 Å². The highest BCUT2D eigenvalue weighted by Gasteiger charge is 2.14. The highest BCUT2D eigenvalue weighted by Crippen LogP contribution is 2.29. The lowest BCUT2D eigenvalue weighted by molar-refractivity contribution is -0.384. The predicted octanol–water partition coefficient (Wildman–Crippen LogP) is 3.74. The first-order valence-corrected chi connectivity index (χ1v) is 8.76. The lowest BCUT2D eigenvalue weighted by atomic mass is 10.2. The molecule has 3 rings (SSSR count). The maximum atomic E-state index is 12.1. The quantitative estimate of drug-likeness (QED) is 0.480. The Bertz CT molecular complexity index is 879. The summed E-state index contributed by atoms with van der Waals surface area (Å²) in [6.07, 6.45) is 2.84. The van der Waals surface area contributed by atoms with E-state index in [-0.39, 0.29) is 11.6 Å². The van der Waals surface area contributed by atoms with E-state index in [0.29, 0.717) is 29.5 Å². The Balaban J connectivity index is 1.64. The van der Waals surface area contributed by atoms with Crippen LogP contribution in [0.2, 0.25) is 5.02 Å². The lowest BCUT2D eigenvalue weighted by Crippen LogP contribution is -2.36. The van der Waals surface area contributed by atoms with E-state index in [4.69, 9.17) is 16.3 Å². The second-order valence-electron chi connectivity index (χ2n) is 5.94. The van der Waals surface area contributed by atoms with E-state index in [0.717, 1.165) is 18.8 Å². The fourth-order valence-electron chi connectivity index (χ4n) is 2.74. The number of carbonyl (C=O) groups excluding carboxylic acids is 1. The van der Waals surface area contributed by atoms with Crippen LogP contribution in [-0.4, -0.2) is 37.1 Å². The average molecular weight is 388 g/mol. The van der Waals surface area contributed by atoms with Crippen LogP contribution in [0.15, 0.2) is 48.5 Å². The molecule has 27 heavy (non-hydrogen) atoms. The number of hydrogen-bond donors (Lipinski definition) is 1. The van der Waals surface area contributed by atoms with Gasteiger partial charge in [-0.1, -0.05) is 23.7 Å². The molecule has 1 aliphatic heterocycles. The summed E-state index contributed by atoms with van der Waals surface area (Å²) in [6, 6.07) is 11.4. The fraction of sp³-hybridized carbons (Fsp3) is 0.211. The van der Waals surface area contributed by atoms with Gasteiger partial charge >= 0.3 is 0 Å². The van der Waals surface area contributed by atoms with Crippen LogP contribution in [0.5, 0.6) is 0 Å². The van der Waals surface area contributed by atoms with Gasteiger partial charge in [-0.05, 0) is 29.8 Å². The zero-order chi connectivity index (χ0) is 19.2. The molecule has 0 spiro atoms. The maximum absolute atomic E-state index is 12.1. The highest BCUT2D eigenvalue weighted by molar-refractivity contribution is 6.33. The molecule has 1 heterocycles. The second kappa shape index (κ2) is 8.66. The lowest BCUT2D eigenvalue weighted by Gasteiger charge is -2.29. The van der Waals surface area contributed by atoms with Gasteiger partial charge in [0, 0.05) is 37.0 Å². The molecule has 0 bridgehead atoms. The molecule has 7 nitrogen and oxygen atoms in total. The average Bonchev–Trinajstić information content (AvgIpc) is 2.67. The third kappa shape index (κ3) is 5.06. The largest absolute Gasteiger partial charge is 0.378 e. The van der Waals surface area contributed by atoms with Crippen molar-refractivity contribution in [3.63, 3.8) is 0 Å². The summed E-state index contributed by atoms with van der Waals surface area (Å²) in [5.74, 6) is -0.350. The Morgan fingerprint density at radius 3 is 2.70 bits per heavy atom. The van der Waals surface area contributed by atoms with Gasteiger partial charge in [0.05, 0.1) is 28.8 Å². The number of nitro benzene ring substituents is 1. The minimum atomic E-state index is -0.477. The number of halogens is 1. The summed E-state index contributed by atoms with van der Waals surface area (Å²) < 4.78 is 5.33. The van der Waals surface area contributed by atoms with E-state index < -0.39 is 4.92 Å². The Kier molecular flexibility index (Phi) is 6.05. The first-order chi connectivity index (χ1) is 13.0. The summed E-state index contributed by atoms with van der Waals surface area (Å²) in [5, 5.41) is 14.1. The van der Waals surface area contributed by atoms with Crippen LogP contribution in [0.3, 0.4) is 0 Å². The van der Waals surface area contributed by atoms with Crippen molar-refractivity contribution >= 4 is 40.6 Å². The van der Waals surface area contributed by atoms with Gasteiger partial charge in [-0.15, -0.1) is 0 Å².